The number of carbonyl (C=O) groups is 2. The molecule has 0 N–H and O–H groups in total. The Bertz CT molecular complexity index is 579. The van der Waals surface area contributed by atoms with Gasteiger partial charge in [-0.2, -0.15) is 0 Å². The molecule has 0 unspecified atom stereocenters. The van der Waals surface area contributed by atoms with Crippen LogP contribution < -0.4 is 0 Å². The van der Waals surface area contributed by atoms with Crippen LogP contribution in [0.2, 0.25) is 0 Å². The van der Waals surface area contributed by atoms with Crippen LogP contribution in [0.3, 0.4) is 0 Å². The molecule has 0 aliphatic carbocycles. The predicted octanol–water partition coefficient (Wildman–Crippen LogP) is 0.814. The average Bonchev–Trinajstić information content (AvgIpc) is 2.46. The van der Waals surface area contributed by atoms with E-state index in [9.17, 15) is 14.0 Å². The highest BCUT2D eigenvalue weighted by Crippen LogP contribution is 2.20. The van der Waals surface area contributed by atoms with Crippen molar-refractivity contribution in [1.29, 1.82) is 0 Å². The Hall–Kier alpha value is -1.95. The highest BCUT2D eigenvalue weighted by Gasteiger charge is 2.36. The molecule has 0 bridgehead atoms. The monoisotopic (exact) mass is 305 g/mol. The smallest absolute Gasteiger partial charge is 0.254 e. The maximum atomic E-state index is 13.2. The summed E-state index contributed by atoms with van der Waals surface area (Å²) in [5.41, 5.74) is 0.403. The fourth-order valence-electron chi connectivity index (χ4n) is 3.06. The molecule has 3 rings (SSSR count). The van der Waals surface area contributed by atoms with Crippen LogP contribution in [0.1, 0.15) is 17.3 Å². The van der Waals surface area contributed by atoms with Gasteiger partial charge in [-0.15, -0.1) is 0 Å². The van der Waals surface area contributed by atoms with Gasteiger partial charge in [-0.1, -0.05) is 6.07 Å². The standard InChI is InChI=1S/C16H20FN3O2/c1-12(21)18-5-7-19(8-6-18)15-10-20(11-15)16(22)13-3-2-4-14(17)9-13/h2-4,9,15H,5-8,10-11H2,1H3. The number of hydrogen-bond donors (Lipinski definition) is 0. The van der Waals surface area contributed by atoms with Crippen molar-refractivity contribution in [2.45, 2.75) is 13.0 Å². The van der Waals surface area contributed by atoms with Crippen molar-refractivity contribution in [3.63, 3.8) is 0 Å². The zero-order valence-electron chi connectivity index (χ0n) is 12.7. The quantitative estimate of drug-likeness (QED) is 0.812. The minimum Gasteiger partial charge on any atom is -0.340 e. The molecule has 2 fully saturated rings. The Morgan fingerprint density at radius 2 is 1.77 bits per heavy atom. The molecule has 0 atom stereocenters. The van der Waals surface area contributed by atoms with Crippen LogP contribution in [0, 0.1) is 5.82 Å². The van der Waals surface area contributed by atoms with Crippen LogP contribution in [0.15, 0.2) is 24.3 Å². The van der Waals surface area contributed by atoms with Crippen LogP contribution in [0.5, 0.6) is 0 Å². The molecule has 0 saturated carbocycles. The summed E-state index contributed by atoms with van der Waals surface area (Å²) in [5, 5.41) is 0. The molecule has 1 aromatic rings. The first kappa shape index (κ1) is 15.0. The number of amides is 2. The molecule has 1 aromatic carbocycles. The number of halogens is 1. The number of nitrogens with zero attached hydrogens (tertiary/aromatic N) is 3. The van der Waals surface area contributed by atoms with E-state index in [1.807, 2.05) is 4.90 Å². The summed E-state index contributed by atoms with van der Waals surface area (Å²) in [5.74, 6) is -0.377. The lowest BCUT2D eigenvalue weighted by Crippen LogP contribution is -2.64. The van der Waals surface area contributed by atoms with Crippen LogP contribution in [-0.2, 0) is 4.79 Å². The molecule has 2 amide bonds. The van der Waals surface area contributed by atoms with Gasteiger partial charge in [0, 0.05) is 57.8 Å². The number of rotatable bonds is 2. The van der Waals surface area contributed by atoms with E-state index < -0.39 is 0 Å². The van der Waals surface area contributed by atoms with Gasteiger partial charge in [-0.25, -0.2) is 4.39 Å². The summed E-state index contributed by atoms with van der Waals surface area (Å²) in [6, 6.07) is 6.17. The number of hydrogen-bond acceptors (Lipinski definition) is 3. The normalized spacial score (nSPS) is 19.9. The van der Waals surface area contributed by atoms with Gasteiger partial charge < -0.3 is 9.80 Å². The van der Waals surface area contributed by atoms with Crippen LogP contribution in [0.4, 0.5) is 4.39 Å². The van der Waals surface area contributed by atoms with Gasteiger partial charge in [0.05, 0.1) is 0 Å². The minimum absolute atomic E-state index is 0.113. The maximum Gasteiger partial charge on any atom is 0.254 e. The lowest BCUT2D eigenvalue weighted by atomic mass is 10.0. The fraction of sp³-hybridized carbons (Fsp3) is 0.500. The second-order valence-electron chi connectivity index (χ2n) is 5.92. The van der Waals surface area contributed by atoms with Gasteiger partial charge in [0.25, 0.3) is 5.91 Å². The van der Waals surface area contributed by atoms with E-state index in [-0.39, 0.29) is 17.6 Å². The lowest BCUT2D eigenvalue weighted by molar-refractivity contribution is -0.131. The number of benzene rings is 1. The van der Waals surface area contributed by atoms with E-state index >= 15 is 0 Å². The highest BCUT2D eigenvalue weighted by atomic mass is 19.1. The largest absolute Gasteiger partial charge is 0.340 e. The van der Waals surface area contributed by atoms with E-state index in [0.717, 1.165) is 26.2 Å². The second kappa shape index (κ2) is 6.04. The van der Waals surface area contributed by atoms with Gasteiger partial charge in [0.1, 0.15) is 5.82 Å². The summed E-state index contributed by atoms with van der Waals surface area (Å²) < 4.78 is 13.2. The summed E-state index contributed by atoms with van der Waals surface area (Å²) in [6.07, 6.45) is 0. The van der Waals surface area contributed by atoms with Crippen molar-refractivity contribution in [2.75, 3.05) is 39.3 Å². The fourth-order valence-corrected chi connectivity index (χ4v) is 3.06. The molecule has 2 saturated heterocycles. The molecule has 2 aliphatic rings. The van der Waals surface area contributed by atoms with Gasteiger partial charge >= 0.3 is 0 Å². The summed E-state index contributed by atoms with van der Waals surface area (Å²) >= 11 is 0. The van der Waals surface area contributed by atoms with Crippen molar-refractivity contribution in [3.05, 3.63) is 35.6 Å². The first-order chi connectivity index (χ1) is 10.5. The van der Waals surface area contributed by atoms with Crippen molar-refractivity contribution < 1.29 is 14.0 Å². The average molecular weight is 305 g/mol. The van der Waals surface area contributed by atoms with Gasteiger partial charge in [0.2, 0.25) is 5.91 Å². The molecule has 0 spiro atoms. The summed E-state index contributed by atoms with van der Waals surface area (Å²) in [4.78, 5) is 29.5. The molecular formula is C16H20FN3O2. The minimum atomic E-state index is -0.386. The molecular weight excluding hydrogens is 285 g/mol. The maximum absolute atomic E-state index is 13.2. The van der Waals surface area contributed by atoms with E-state index in [2.05, 4.69) is 4.90 Å². The van der Waals surface area contributed by atoms with Crippen LogP contribution in [0.25, 0.3) is 0 Å². The van der Waals surface area contributed by atoms with Crippen LogP contribution >= 0.6 is 0 Å². The molecule has 0 radical (unpaired) electrons. The molecule has 22 heavy (non-hydrogen) atoms. The number of carbonyl (C=O) groups excluding carboxylic acids is 2. The Labute approximate surface area is 129 Å². The first-order valence-corrected chi connectivity index (χ1v) is 7.59. The van der Waals surface area contributed by atoms with E-state index in [0.29, 0.717) is 24.7 Å². The molecule has 0 aromatic heterocycles. The Morgan fingerprint density at radius 1 is 1.09 bits per heavy atom. The highest BCUT2D eigenvalue weighted by molar-refractivity contribution is 5.94. The lowest BCUT2D eigenvalue weighted by Gasteiger charge is -2.48. The predicted molar refractivity (Wildman–Crippen MR) is 79.9 cm³/mol. The Morgan fingerprint density at radius 3 is 2.36 bits per heavy atom. The van der Waals surface area contributed by atoms with Crippen molar-refractivity contribution in [2.24, 2.45) is 0 Å². The van der Waals surface area contributed by atoms with Crippen molar-refractivity contribution in [1.82, 2.24) is 14.7 Å². The molecule has 118 valence electrons. The summed E-state index contributed by atoms with van der Waals surface area (Å²) in [7, 11) is 0. The van der Waals surface area contributed by atoms with E-state index in [1.54, 1.807) is 24.0 Å². The molecule has 6 heteroatoms. The second-order valence-corrected chi connectivity index (χ2v) is 5.92. The third kappa shape index (κ3) is 2.97. The van der Waals surface area contributed by atoms with Crippen molar-refractivity contribution in [3.8, 4) is 0 Å². The van der Waals surface area contributed by atoms with Gasteiger partial charge in [-0.3, -0.25) is 14.5 Å². The van der Waals surface area contributed by atoms with Crippen LogP contribution in [-0.4, -0.2) is 71.8 Å². The number of piperazine rings is 1. The van der Waals surface area contributed by atoms with Gasteiger partial charge in [0.15, 0.2) is 0 Å². The zero-order chi connectivity index (χ0) is 15.7. The Balaban J connectivity index is 1.50. The van der Waals surface area contributed by atoms with Gasteiger partial charge in [-0.05, 0) is 18.2 Å². The summed E-state index contributed by atoms with van der Waals surface area (Å²) in [6.45, 7) is 6.16. The van der Waals surface area contributed by atoms with Crippen molar-refractivity contribution >= 4 is 11.8 Å². The molecule has 2 heterocycles. The third-order valence-corrected chi connectivity index (χ3v) is 4.50. The Kier molecular flexibility index (Phi) is 4.11. The molecule has 2 aliphatic heterocycles. The molecule has 5 nitrogen and oxygen atoms in total. The first-order valence-electron chi connectivity index (χ1n) is 7.59. The topological polar surface area (TPSA) is 43.9 Å². The zero-order valence-corrected chi connectivity index (χ0v) is 12.7. The SMILES string of the molecule is CC(=O)N1CCN(C2CN(C(=O)c3cccc(F)c3)C2)CC1. The van der Waals surface area contributed by atoms with E-state index in [4.69, 9.17) is 0 Å². The number of likely N-dealkylation sites (tertiary alicyclic amines) is 1. The van der Waals surface area contributed by atoms with E-state index in [1.165, 1.54) is 12.1 Å². The third-order valence-electron chi connectivity index (χ3n) is 4.50.